The zero-order valence-electron chi connectivity index (χ0n) is 19.2. The van der Waals surface area contributed by atoms with Crippen molar-refractivity contribution in [2.24, 2.45) is 0 Å². The van der Waals surface area contributed by atoms with Crippen LogP contribution in [0.15, 0.2) is 60.8 Å². The highest BCUT2D eigenvalue weighted by molar-refractivity contribution is 6.31. The Hall–Kier alpha value is -4.32. The minimum Gasteiger partial charge on any atom is -0.469 e. The lowest BCUT2D eigenvalue weighted by molar-refractivity contribution is -0.140. The fraction of sp³-hybridized carbons (Fsp3) is 0.167. The molecule has 0 fully saturated rings. The van der Waals surface area contributed by atoms with E-state index >= 15 is 0 Å². The molecule has 3 aromatic rings. The summed E-state index contributed by atoms with van der Waals surface area (Å²) in [7, 11) is 1.25. The highest BCUT2D eigenvalue weighted by Gasteiger charge is 2.33. The molecule has 3 rings (SSSR count). The van der Waals surface area contributed by atoms with Crippen molar-refractivity contribution in [1.29, 1.82) is 0 Å². The number of anilines is 2. The van der Waals surface area contributed by atoms with Gasteiger partial charge in [0.15, 0.2) is 0 Å². The summed E-state index contributed by atoms with van der Waals surface area (Å²) >= 11 is 5.58. The van der Waals surface area contributed by atoms with Gasteiger partial charge in [0.1, 0.15) is 17.2 Å². The highest BCUT2D eigenvalue weighted by Crippen LogP contribution is 2.36. The van der Waals surface area contributed by atoms with Crippen molar-refractivity contribution < 1.29 is 37.0 Å². The zero-order valence-corrected chi connectivity index (χ0v) is 19.9. The Morgan fingerprint density at radius 1 is 0.946 bits per heavy atom. The molecule has 0 bridgehead atoms. The summed E-state index contributed by atoms with van der Waals surface area (Å²) in [6.07, 6.45) is -3.26. The molecule has 37 heavy (non-hydrogen) atoms. The van der Waals surface area contributed by atoms with Gasteiger partial charge in [0.25, 0.3) is 5.91 Å². The Morgan fingerprint density at radius 3 is 2.30 bits per heavy atom. The van der Waals surface area contributed by atoms with E-state index in [0.29, 0.717) is 17.2 Å². The predicted molar refractivity (Wildman–Crippen MR) is 129 cm³/mol. The fourth-order valence-electron chi connectivity index (χ4n) is 2.93. The van der Waals surface area contributed by atoms with Gasteiger partial charge in [0.05, 0.1) is 24.1 Å². The average Bonchev–Trinajstić information content (AvgIpc) is 2.85. The van der Waals surface area contributed by atoms with E-state index in [1.807, 2.05) is 0 Å². The second kappa shape index (κ2) is 12.1. The zero-order chi connectivity index (χ0) is 27.0. The molecule has 1 aromatic heterocycles. The van der Waals surface area contributed by atoms with E-state index < -0.39 is 34.7 Å². The monoisotopic (exact) mass is 536 g/mol. The van der Waals surface area contributed by atoms with Crippen molar-refractivity contribution in [3.63, 3.8) is 0 Å². The summed E-state index contributed by atoms with van der Waals surface area (Å²) in [5.41, 5.74) is -0.730. The number of carbonyl (C=O) groups excluding carboxylic acids is 3. The summed E-state index contributed by atoms with van der Waals surface area (Å²) in [5.74, 6) is -0.263. The van der Waals surface area contributed by atoms with E-state index in [0.717, 1.165) is 12.1 Å². The normalized spacial score (nSPS) is 10.8. The summed E-state index contributed by atoms with van der Waals surface area (Å²) < 4.78 is 49.2. The maximum absolute atomic E-state index is 13.0. The SMILES string of the molecule is COC(=O)CCNC(=O)c1cc(Oc2ccc(NC(=O)Nc3ccc(Cl)c(C(F)(F)F)c3)cc2)ccn1. The third kappa shape index (κ3) is 8.10. The van der Waals surface area contributed by atoms with Crippen LogP contribution in [0.25, 0.3) is 0 Å². The summed E-state index contributed by atoms with van der Waals surface area (Å²) in [6, 6.07) is 11.3. The third-order valence-electron chi connectivity index (χ3n) is 4.68. The summed E-state index contributed by atoms with van der Waals surface area (Å²) in [4.78, 5) is 39.5. The number of benzene rings is 2. The van der Waals surface area contributed by atoms with Crippen LogP contribution in [0.1, 0.15) is 22.5 Å². The first-order valence-electron chi connectivity index (χ1n) is 10.6. The van der Waals surface area contributed by atoms with Gasteiger partial charge in [0.2, 0.25) is 0 Å². The van der Waals surface area contributed by atoms with Crippen LogP contribution < -0.4 is 20.7 Å². The quantitative estimate of drug-likeness (QED) is 0.328. The number of amides is 3. The molecule has 2 aromatic carbocycles. The van der Waals surface area contributed by atoms with Crippen LogP contribution in [0, 0.1) is 0 Å². The molecule has 0 aliphatic carbocycles. The van der Waals surface area contributed by atoms with Gasteiger partial charge in [-0.25, -0.2) is 4.79 Å². The molecule has 3 N–H and O–H groups in total. The lowest BCUT2D eigenvalue weighted by Crippen LogP contribution is -2.27. The first-order chi connectivity index (χ1) is 17.5. The number of aromatic nitrogens is 1. The van der Waals surface area contributed by atoms with Crippen LogP contribution in [0.2, 0.25) is 5.02 Å². The number of ether oxygens (including phenoxy) is 2. The van der Waals surface area contributed by atoms with Crippen molar-refractivity contribution in [3.8, 4) is 11.5 Å². The van der Waals surface area contributed by atoms with Crippen molar-refractivity contribution in [3.05, 3.63) is 77.1 Å². The van der Waals surface area contributed by atoms with Crippen molar-refractivity contribution in [2.45, 2.75) is 12.6 Å². The Labute approximate surface area is 213 Å². The molecule has 0 radical (unpaired) electrons. The number of rotatable bonds is 8. The molecule has 0 atom stereocenters. The lowest BCUT2D eigenvalue weighted by Gasteiger charge is -2.12. The summed E-state index contributed by atoms with van der Waals surface area (Å²) in [5, 5.41) is 6.88. The van der Waals surface area contributed by atoms with Gasteiger partial charge >= 0.3 is 18.2 Å². The number of halogens is 4. The van der Waals surface area contributed by atoms with Gasteiger partial charge in [-0.2, -0.15) is 13.2 Å². The molecule has 0 aliphatic heterocycles. The summed E-state index contributed by atoms with van der Waals surface area (Å²) in [6.45, 7) is 0.0851. The molecule has 9 nitrogen and oxygen atoms in total. The first kappa shape index (κ1) is 27.3. The van der Waals surface area contributed by atoms with E-state index in [2.05, 4.69) is 25.7 Å². The van der Waals surface area contributed by atoms with Crippen LogP contribution in [0.4, 0.5) is 29.3 Å². The number of esters is 1. The Morgan fingerprint density at radius 2 is 1.62 bits per heavy atom. The standard InChI is InChI=1S/C24H20ClF3N4O5/c1-36-21(33)9-11-30-22(34)20-13-17(8-10-29-20)37-16-5-2-14(3-6-16)31-23(35)32-15-4-7-19(25)18(12-15)24(26,27)28/h2-8,10,12-13H,9,11H2,1H3,(H,30,34)(H2,31,32,35). The Balaban J connectivity index is 1.56. The molecule has 1 heterocycles. The minimum atomic E-state index is -4.66. The maximum Gasteiger partial charge on any atom is 0.417 e. The van der Waals surface area contributed by atoms with Crippen molar-refractivity contribution in [1.82, 2.24) is 10.3 Å². The molecule has 0 unspecified atom stereocenters. The van der Waals surface area contributed by atoms with Crippen LogP contribution in [0.5, 0.6) is 11.5 Å². The van der Waals surface area contributed by atoms with Gasteiger partial charge < -0.3 is 25.4 Å². The van der Waals surface area contributed by atoms with Crippen molar-refractivity contribution in [2.75, 3.05) is 24.3 Å². The third-order valence-corrected chi connectivity index (χ3v) is 5.01. The maximum atomic E-state index is 13.0. The topological polar surface area (TPSA) is 119 Å². The van der Waals surface area contributed by atoms with Crippen molar-refractivity contribution >= 4 is 40.9 Å². The van der Waals surface area contributed by atoms with E-state index in [4.69, 9.17) is 16.3 Å². The van der Waals surface area contributed by atoms with Crippen LogP contribution in [-0.2, 0) is 15.7 Å². The number of hydrogen-bond donors (Lipinski definition) is 3. The smallest absolute Gasteiger partial charge is 0.417 e. The van der Waals surface area contributed by atoms with E-state index in [1.54, 1.807) is 0 Å². The molecule has 0 saturated heterocycles. The number of methoxy groups -OCH3 is 1. The Kier molecular flexibility index (Phi) is 8.90. The number of pyridine rings is 1. The van der Waals surface area contributed by atoms with Crippen LogP contribution in [-0.4, -0.2) is 36.5 Å². The Bertz CT molecular complexity index is 1290. The molecule has 13 heteroatoms. The second-order valence-electron chi connectivity index (χ2n) is 7.36. The molecular weight excluding hydrogens is 517 g/mol. The first-order valence-corrected chi connectivity index (χ1v) is 11.0. The highest BCUT2D eigenvalue weighted by atomic mass is 35.5. The second-order valence-corrected chi connectivity index (χ2v) is 7.76. The van der Waals surface area contributed by atoms with E-state index in [9.17, 15) is 27.6 Å². The number of alkyl halides is 3. The van der Waals surface area contributed by atoms with Gasteiger partial charge in [-0.15, -0.1) is 0 Å². The largest absolute Gasteiger partial charge is 0.469 e. The molecule has 0 saturated carbocycles. The molecule has 0 spiro atoms. The molecule has 3 amide bonds. The fourth-order valence-corrected chi connectivity index (χ4v) is 3.15. The van der Waals surface area contributed by atoms with Gasteiger partial charge in [-0.3, -0.25) is 14.6 Å². The number of hydrogen-bond acceptors (Lipinski definition) is 6. The lowest BCUT2D eigenvalue weighted by atomic mass is 10.2. The minimum absolute atomic E-state index is 0.0190. The number of nitrogens with zero attached hydrogens (tertiary/aromatic N) is 1. The number of carbonyl (C=O) groups is 3. The average molecular weight is 537 g/mol. The van der Waals surface area contributed by atoms with Gasteiger partial charge in [0, 0.05) is 30.2 Å². The van der Waals surface area contributed by atoms with Crippen LogP contribution in [0.3, 0.4) is 0 Å². The van der Waals surface area contributed by atoms with Crippen LogP contribution >= 0.6 is 11.6 Å². The van der Waals surface area contributed by atoms with E-state index in [1.165, 1.54) is 55.8 Å². The predicted octanol–water partition coefficient (Wildman–Crippen LogP) is 5.48. The van der Waals surface area contributed by atoms with E-state index in [-0.39, 0.29) is 24.3 Å². The molecule has 194 valence electrons. The number of nitrogens with one attached hydrogen (secondary N) is 3. The van der Waals surface area contributed by atoms with Gasteiger partial charge in [-0.05, 0) is 48.5 Å². The van der Waals surface area contributed by atoms with Gasteiger partial charge in [-0.1, -0.05) is 11.6 Å². The molecular formula is C24H20ClF3N4O5. The number of urea groups is 1. The molecule has 0 aliphatic rings.